The summed E-state index contributed by atoms with van der Waals surface area (Å²) in [5.74, 6) is 0. The highest BCUT2D eigenvalue weighted by atomic mass is 28.4. The molecule has 0 amide bonds. The zero-order chi connectivity index (χ0) is 12.2. The van der Waals surface area contributed by atoms with Crippen LogP contribution >= 0.6 is 0 Å². The van der Waals surface area contributed by atoms with Crippen LogP contribution in [0.15, 0.2) is 18.2 Å². The van der Waals surface area contributed by atoms with Crippen molar-refractivity contribution in [3.8, 4) is 0 Å². The van der Waals surface area contributed by atoms with E-state index in [0.717, 1.165) is 19.4 Å². The molecule has 0 N–H and O–H groups in total. The molecule has 0 spiro atoms. The lowest BCUT2D eigenvalue weighted by Gasteiger charge is -2.25. The topological polar surface area (TPSA) is 9.23 Å². The van der Waals surface area contributed by atoms with E-state index in [1.54, 1.807) is 0 Å². The fourth-order valence-corrected chi connectivity index (χ4v) is 4.59. The Morgan fingerprint density at radius 1 is 1.06 bits per heavy atom. The summed E-state index contributed by atoms with van der Waals surface area (Å²) in [4.78, 5) is 0. The Balaban J connectivity index is 3.17. The highest BCUT2D eigenvalue weighted by Gasteiger charge is 2.27. The monoisotopic (exact) mass is 236 g/mol. The smallest absolute Gasteiger partial charge is 0.218 e. The van der Waals surface area contributed by atoms with Crippen LogP contribution in [0.25, 0.3) is 0 Å². The molecule has 0 bridgehead atoms. The SMILES string of the molecule is CCO[Si](C)(C)c1cc(CC)ccc1CC. The zero-order valence-electron chi connectivity index (χ0n) is 11.3. The van der Waals surface area contributed by atoms with Gasteiger partial charge >= 0.3 is 0 Å². The third-order valence-corrected chi connectivity index (χ3v) is 5.89. The molecule has 1 rings (SSSR count). The summed E-state index contributed by atoms with van der Waals surface area (Å²) < 4.78 is 6.00. The quantitative estimate of drug-likeness (QED) is 0.713. The van der Waals surface area contributed by atoms with Crippen LogP contribution in [0.3, 0.4) is 0 Å². The number of aryl methyl sites for hydroxylation is 2. The molecule has 0 aromatic heterocycles. The van der Waals surface area contributed by atoms with Crippen molar-refractivity contribution in [3.05, 3.63) is 29.3 Å². The average Bonchev–Trinajstić information content (AvgIpc) is 2.28. The molecule has 1 aromatic carbocycles. The highest BCUT2D eigenvalue weighted by Crippen LogP contribution is 2.12. The van der Waals surface area contributed by atoms with Crippen LogP contribution in [0.5, 0.6) is 0 Å². The molecule has 2 heteroatoms. The molecule has 0 radical (unpaired) electrons. The molecule has 0 aliphatic rings. The summed E-state index contributed by atoms with van der Waals surface area (Å²) in [5, 5.41) is 1.48. The van der Waals surface area contributed by atoms with Gasteiger partial charge in [0.05, 0.1) is 0 Å². The van der Waals surface area contributed by atoms with Crippen molar-refractivity contribution in [1.82, 2.24) is 0 Å². The summed E-state index contributed by atoms with van der Waals surface area (Å²) in [6.45, 7) is 11.9. The maximum absolute atomic E-state index is 6.00. The van der Waals surface area contributed by atoms with Crippen LogP contribution in [-0.2, 0) is 17.3 Å². The van der Waals surface area contributed by atoms with Gasteiger partial charge in [-0.25, -0.2) is 0 Å². The minimum atomic E-state index is -1.69. The van der Waals surface area contributed by atoms with Crippen LogP contribution in [0.2, 0.25) is 13.1 Å². The van der Waals surface area contributed by atoms with E-state index < -0.39 is 8.32 Å². The van der Waals surface area contributed by atoms with Gasteiger partial charge in [-0.05, 0) is 49.2 Å². The van der Waals surface area contributed by atoms with Crippen LogP contribution in [0.4, 0.5) is 0 Å². The fourth-order valence-electron chi connectivity index (χ4n) is 2.15. The lowest BCUT2D eigenvalue weighted by atomic mass is 10.1. The number of rotatable bonds is 5. The first-order chi connectivity index (χ1) is 7.55. The Morgan fingerprint density at radius 2 is 1.75 bits per heavy atom. The van der Waals surface area contributed by atoms with E-state index in [9.17, 15) is 0 Å². The minimum Gasteiger partial charge on any atom is -0.413 e. The van der Waals surface area contributed by atoms with E-state index in [-0.39, 0.29) is 0 Å². The summed E-state index contributed by atoms with van der Waals surface area (Å²) in [6, 6.07) is 6.89. The largest absolute Gasteiger partial charge is 0.413 e. The van der Waals surface area contributed by atoms with Crippen LogP contribution in [-0.4, -0.2) is 14.9 Å². The molecule has 0 fully saturated rings. The molecule has 90 valence electrons. The van der Waals surface area contributed by atoms with Crippen LogP contribution in [0.1, 0.15) is 31.9 Å². The van der Waals surface area contributed by atoms with Gasteiger partial charge in [0.25, 0.3) is 0 Å². The van der Waals surface area contributed by atoms with Gasteiger partial charge in [-0.1, -0.05) is 32.0 Å². The van der Waals surface area contributed by atoms with E-state index in [0.29, 0.717) is 0 Å². The summed E-state index contributed by atoms with van der Waals surface area (Å²) >= 11 is 0. The number of hydrogen-bond acceptors (Lipinski definition) is 1. The van der Waals surface area contributed by atoms with Crippen molar-refractivity contribution >= 4 is 13.5 Å². The molecule has 1 nitrogen and oxygen atoms in total. The number of benzene rings is 1. The highest BCUT2D eigenvalue weighted by molar-refractivity contribution is 6.84. The second kappa shape index (κ2) is 5.64. The van der Waals surface area contributed by atoms with Crippen molar-refractivity contribution in [2.24, 2.45) is 0 Å². The van der Waals surface area contributed by atoms with Crippen molar-refractivity contribution < 1.29 is 4.43 Å². The van der Waals surface area contributed by atoms with Gasteiger partial charge in [0.1, 0.15) is 0 Å². The molecule has 0 heterocycles. The Hall–Kier alpha value is -0.603. The predicted octanol–water partition coefficient (Wildman–Crippen LogP) is 3.26. The lowest BCUT2D eigenvalue weighted by Crippen LogP contribution is -2.46. The molecular formula is C14H24OSi. The Kier molecular flexibility index (Phi) is 4.75. The first kappa shape index (κ1) is 13.5. The normalized spacial score (nSPS) is 11.8. The zero-order valence-corrected chi connectivity index (χ0v) is 12.3. The minimum absolute atomic E-state index is 0.818. The van der Waals surface area contributed by atoms with Gasteiger partial charge in [0.15, 0.2) is 0 Å². The number of hydrogen-bond donors (Lipinski definition) is 0. The maximum Gasteiger partial charge on any atom is 0.218 e. The van der Waals surface area contributed by atoms with Crippen molar-refractivity contribution in [1.29, 1.82) is 0 Å². The Morgan fingerprint density at radius 3 is 2.25 bits per heavy atom. The van der Waals surface area contributed by atoms with Crippen molar-refractivity contribution in [2.75, 3.05) is 6.61 Å². The average molecular weight is 236 g/mol. The Bertz CT molecular complexity index is 345. The van der Waals surface area contributed by atoms with E-state index in [1.165, 1.54) is 16.3 Å². The van der Waals surface area contributed by atoms with Crippen LogP contribution < -0.4 is 5.19 Å². The van der Waals surface area contributed by atoms with Gasteiger partial charge in [0, 0.05) is 6.61 Å². The molecule has 0 saturated carbocycles. The molecule has 16 heavy (non-hydrogen) atoms. The van der Waals surface area contributed by atoms with Gasteiger partial charge in [0.2, 0.25) is 8.32 Å². The molecule has 0 aliphatic heterocycles. The first-order valence-corrected chi connectivity index (χ1v) is 9.22. The van der Waals surface area contributed by atoms with Crippen LogP contribution in [0, 0.1) is 0 Å². The summed E-state index contributed by atoms with van der Waals surface area (Å²) in [6.07, 6.45) is 2.20. The lowest BCUT2D eigenvalue weighted by molar-refractivity contribution is 0.339. The van der Waals surface area contributed by atoms with Crippen molar-refractivity contribution in [2.45, 2.75) is 46.7 Å². The van der Waals surface area contributed by atoms with Gasteiger partial charge in [-0.15, -0.1) is 0 Å². The van der Waals surface area contributed by atoms with E-state index in [1.807, 2.05) is 0 Å². The fraction of sp³-hybridized carbons (Fsp3) is 0.571. The van der Waals surface area contributed by atoms with Gasteiger partial charge in [-0.2, -0.15) is 0 Å². The van der Waals surface area contributed by atoms with Crippen molar-refractivity contribution in [3.63, 3.8) is 0 Å². The molecule has 0 unspecified atom stereocenters. The molecule has 0 saturated heterocycles. The third-order valence-electron chi connectivity index (χ3n) is 3.12. The Labute approximate surface area is 101 Å². The first-order valence-electron chi connectivity index (χ1n) is 6.31. The molecular weight excluding hydrogens is 212 g/mol. The standard InChI is InChI=1S/C14H24OSi/c1-6-12-9-10-13(7-2)14(11-12)16(4,5)15-8-3/h9-11H,6-8H2,1-5H3. The van der Waals surface area contributed by atoms with Gasteiger partial charge in [-0.3, -0.25) is 0 Å². The molecule has 1 aromatic rings. The molecule has 0 atom stereocenters. The summed E-state index contributed by atoms with van der Waals surface area (Å²) in [5.41, 5.74) is 2.88. The molecule has 0 aliphatic carbocycles. The van der Waals surface area contributed by atoms with E-state index in [4.69, 9.17) is 4.43 Å². The second-order valence-electron chi connectivity index (χ2n) is 4.64. The van der Waals surface area contributed by atoms with Gasteiger partial charge < -0.3 is 4.43 Å². The summed E-state index contributed by atoms with van der Waals surface area (Å²) in [7, 11) is -1.69. The van der Waals surface area contributed by atoms with E-state index in [2.05, 4.69) is 52.1 Å². The van der Waals surface area contributed by atoms with E-state index >= 15 is 0 Å². The maximum atomic E-state index is 6.00. The second-order valence-corrected chi connectivity index (χ2v) is 8.49. The predicted molar refractivity (Wildman–Crippen MR) is 73.9 cm³/mol. The third kappa shape index (κ3) is 2.95.